The molecule has 0 aromatic heterocycles. The Hall–Kier alpha value is -7.63. The number of nitrogens with zero attached hydrogens (tertiary/aromatic N) is 3. The Kier molecular flexibility index (Phi) is 30.0. The molecule has 76 heavy (non-hydrogen) atoms. The number of phenols is 1. The number of carboxylic acids is 3. The van der Waals surface area contributed by atoms with Gasteiger partial charge in [-0.05, 0) is 74.5 Å². The van der Waals surface area contributed by atoms with Crippen molar-refractivity contribution in [1.82, 2.24) is 31.5 Å². The lowest BCUT2D eigenvalue weighted by Gasteiger charge is -2.31. The van der Waals surface area contributed by atoms with Crippen LogP contribution in [0.2, 0.25) is 0 Å². The molecule has 0 saturated carbocycles. The van der Waals surface area contributed by atoms with E-state index >= 15 is 0 Å². The van der Waals surface area contributed by atoms with Crippen LogP contribution in [0.15, 0.2) is 34.3 Å². The van der Waals surface area contributed by atoms with E-state index in [0.29, 0.717) is 24.8 Å². The van der Waals surface area contributed by atoms with Crippen molar-refractivity contribution in [1.29, 1.82) is 0 Å². The number of alkyl halides is 6. The highest BCUT2D eigenvalue weighted by molar-refractivity contribution is 5.97. The molecule has 2 rings (SSSR count). The van der Waals surface area contributed by atoms with E-state index < -0.39 is 108 Å². The first-order valence-electron chi connectivity index (χ1n) is 23.7. The van der Waals surface area contributed by atoms with Crippen molar-refractivity contribution in [2.24, 2.45) is 44.8 Å². The summed E-state index contributed by atoms with van der Waals surface area (Å²) in [5.41, 5.74) is 22.4. The van der Waals surface area contributed by atoms with Crippen LogP contribution in [0.3, 0.4) is 0 Å². The molecule has 25 nitrogen and oxygen atoms in total. The monoisotopic (exact) mass is 1100 g/mol. The van der Waals surface area contributed by atoms with E-state index in [1.807, 2.05) is 20.8 Å². The lowest BCUT2D eigenvalue weighted by Crippen LogP contribution is -2.60. The van der Waals surface area contributed by atoms with Gasteiger partial charge < -0.3 is 74.8 Å². The number of halogens is 6. The van der Waals surface area contributed by atoms with E-state index in [9.17, 15) is 70.1 Å². The summed E-state index contributed by atoms with van der Waals surface area (Å²) < 4.78 is 63.5. The van der Waals surface area contributed by atoms with E-state index in [-0.39, 0.29) is 88.2 Å². The fourth-order valence-corrected chi connectivity index (χ4v) is 6.86. The third kappa shape index (κ3) is 27.1. The number of hydrogen-bond acceptors (Lipinski definition) is 12. The standard InChI is InChI=1S/C41H68N12O9.2C2HF3O2/c1-6-24(5)33(37(59)51-30(39(61)62)21-23(3)4)52-35(57)29(22-25-14-16-26(54)17-15-25)50-36(58)31-13-10-20-53(31)38(60)28(12-9-19-47-41(44)45)49-34(56)27(48-32(55)7-2)11-8-18-46-40(42)43;2*3-2(4,5)1(6)7/h14-17,23-24,27-31,33,54H,6-13,18-22H2,1-5H3,(H,48,55)(H,49,56)(H,50,58)(H,51,59)(H,52,57)(H,61,62)(H4,42,43,46)(H4,44,45,47);2*(H,6,7)/t24-,27-,28-,29-,30-,31-,33-;;/m0../s1. The van der Waals surface area contributed by atoms with Gasteiger partial charge in [-0.1, -0.05) is 53.2 Å². The first-order chi connectivity index (χ1) is 35.2. The molecular formula is C45H70F6N12O13. The molecule has 1 fully saturated rings. The van der Waals surface area contributed by atoms with Crippen LogP contribution >= 0.6 is 0 Å². The summed E-state index contributed by atoms with van der Waals surface area (Å²) in [4.78, 5) is 121. The number of benzene rings is 1. The quantitative estimate of drug-likeness (QED) is 0.0257. The number of rotatable bonds is 26. The van der Waals surface area contributed by atoms with E-state index in [1.54, 1.807) is 26.0 Å². The number of aromatic hydroxyl groups is 1. The Balaban J connectivity index is 0.00000351. The number of aliphatic carboxylic acids is 3. The number of hydrogen-bond donors (Lipinski definition) is 13. The second kappa shape index (κ2) is 33.3. The summed E-state index contributed by atoms with van der Waals surface area (Å²) in [7, 11) is 0. The number of phenolic OH excluding ortho intramolecular Hbond substituents is 1. The van der Waals surface area contributed by atoms with Gasteiger partial charge in [-0.3, -0.25) is 38.8 Å². The van der Waals surface area contributed by atoms with Crippen LogP contribution in [0.5, 0.6) is 5.75 Å². The number of amides is 6. The second-order valence-electron chi connectivity index (χ2n) is 17.6. The Bertz CT molecular complexity index is 2130. The van der Waals surface area contributed by atoms with Crippen molar-refractivity contribution >= 4 is 65.3 Å². The normalized spacial score (nSPS) is 15.4. The van der Waals surface area contributed by atoms with Gasteiger partial charge in [0.1, 0.15) is 42.0 Å². The number of nitrogens with one attached hydrogen (secondary N) is 5. The van der Waals surface area contributed by atoms with Crippen molar-refractivity contribution in [2.45, 2.75) is 147 Å². The van der Waals surface area contributed by atoms with E-state index in [1.165, 1.54) is 17.0 Å². The maximum absolute atomic E-state index is 14.4. The summed E-state index contributed by atoms with van der Waals surface area (Å²) in [6.07, 6.45) is -8.06. The zero-order valence-electron chi connectivity index (χ0n) is 42.5. The Labute approximate surface area is 433 Å². The molecule has 7 atom stereocenters. The van der Waals surface area contributed by atoms with Crippen LogP contribution in [0.25, 0.3) is 0 Å². The van der Waals surface area contributed by atoms with Crippen molar-refractivity contribution in [3.05, 3.63) is 29.8 Å². The van der Waals surface area contributed by atoms with Crippen LogP contribution in [-0.2, 0) is 49.6 Å². The number of carboxylic acid groups (broad SMARTS) is 3. The topological polar surface area (TPSA) is 427 Å². The van der Waals surface area contributed by atoms with Crippen LogP contribution in [-0.4, -0.2) is 159 Å². The summed E-state index contributed by atoms with van der Waals surface area (Å²) in [5, 5.41) is 47.4. The minimum Gasteiger partial charge on any atom is -0.508 e. The van der Waals surface area contributed by atoms with Gasteiger partial charge in [0.2, 0.25) is 35.4 Å². The third-order valence-corrected chi connectivity index (χ3v) is 10.9. The Morgan fingerprint density at radius 2 is 1.16 bits per heavy atom. The zero-order chi connectivity index (χ0) is 58.7. The second-order valence-corrected chi connectivity index (χ2v) is 17.6. The number of carbonyl (C=O) groups excluding carboxylic acids is 6. The molecule has 1 aliphatic heterocycles. The minimum atomic E-state index is -5.08. The molecule has 1 aliphatic rings. The van der Waals surface area contributed by atoms with Gasteiger partial charge in [0.15, 0.2) is 11.9 Å². The number of nitrogens with two attached hydrogens (primary N) is 4. The molecular weight excluding hydrogens is 1030 g/mol. The molecule has 430 valence electrons. The van der Waals surface area contributed by atoms with Crippen molar-refractivity contribution in [2.75, 3.05) is 19.6 Å². The molecule has 0 unspecified atom stereocenters. The van der Waals surface area contributed by atoms with Crippen LogP contribution in [0, 0.1) is 11.8 Å². The lowest BCUT2D eigenvalue weighted by molar-refractivity contribution is -0.193. The smallest absolute Gasteiger partial charge is 0.490 e. The number of likely N-dealkylation sites (tertiary alicyclic amines) is 1. The average molecular weight is 1100 g/mol. The molecule has 1 aromatic carbocycles. The first-order valence-corrected chi connectivity index (χ1v) is 23.7. The first kappa shape index (κ1) is 68.4. The maximum atomic E-state index is 14.4. The van der Waals surface area contributed by atoms with Gasteiger partial charge in [0.25, 0.3) is 0 Å². The minimum absolute atomic E-state index is 0.0215. The molecule has 31 heteroatoms. The summed E-state index contributed by atoms with van der Waals surface area (Å²) in [6, 6.07) is -0.921. The fraction of sp³-hybridized carbons (Fsp3) is 0.622. The molecule has 1 heterocycles. The molecule has 6 amide bonds. The third-order valence-electron chi connectivity index (χ3n) is 10.9. The predicted molar refractivity (Wildman–Crippen MR) is 260 cm³/mol. The number of guanidine groups is 2. The SMILES string of the molecule is CCC(=O)N[C@@H](CCCN=C(N)N)C(=O)N[C@@H](CCCN=C(N)N)C(=O)N1CCC[C@H]1C(=O)N[C@@H](Cc1ccc(O)cc1)C(=O)N[C@H](C(=O)N[C@@H](CC(C)C)C(=O)O)[C@@H](C)CC.O=C(O)C(F)(F)F.O=C(O)C(F)(F)F. The zero-order valence-corrected chi connectivity index (χ0v) is 42.5. The summed E-state index contributed by atoms with van der Waals surface area (Å²) in [5.74, 6) is -11.2. The molecule has 17 N–H and O–H groups in total. The van der Waals surface area contributed by atoms with Gasteiger partial charge in [-0.2, -0.15) is 26.3 Å². The number of carbonyl (C=O) groups is 9. The van der Waals surface area contributed by atoms with Gasteiger partial charge >= 0.3 is 30.3 Å². The molecule has 1 aromatic rings. The molecule has 0 aliphatic carbocycles. The summed E-state index contributed by atoms with van der Waals surface area (Å²) in [6.45, 7) is 9.30. The lowest BCUT2D eigenvalue weighted by atomic mass is 9.96. The van der Waals surface area contributed by atoms with Gasteiger partial charge in [-0.25, -0.2) is 14.4 Å². The molecule has 1 saturated heterocycles. The van der Waals surface area contributed by atoms with Gasteiger partial charge in [-0.15, -0.1) is 0 Å². The van der Waals surface area contributed by atoms with Gasteiger partial charge in [0, 0.05) is 32.5 Å². The van der Waals surface area contributed by atoms with Crippen LogP contribution in [0.4, 0.5) is 26.3 Å². The Morgan fingerprint density at radius 1 is 0.684 bits per heavy atom. The van der Waals surface area contributed by atoms with E-state index in [2.05, 4.69) is 36.6 Å². The van der Waals surface area contributed by atoms with Crippen molar-refractivity contribution in [3.63, 3.8) is 0 Å². The van der Waals surface area contributed by atoms with Gasteiger partial charge in [0.05, 0.1) is 0 Å². The summed E-state index contributed by atoms with van der Waals surface area (Å²) >= 11 is 0. The molecule has 0 radical (unpaired) electrons. The molecule has 0 spiro atoms. The highest BCUT2D eigenvalue weighted by atomic mass is 19.4. The van der Waals surface area contributed by atoms with Crippen molar-refractivity contribution in [3.8, 4) is 5.75 Å². The molecule has 0 bridgehead atoms. The number of aliphatic imine (C=N–C) groups is 2. The predicted octanol–water partition coefficient (Wildman–Crippen LogP) is 0.310. The average Bonchev–Trinajstić information content (AvgIpc) is 3.82. The van der Waals surface area contributed by atoms with Crippen LogP contribution in [0.1, 0.15) is 98.0 Å². The Morgan fingerprint density at radius 3 is 1.59 bits per heavy atom. The van der Waals surface area contributed by atoms with Crippen molar-refractivity contribution < 1.29 is 89.9 Å². The van der Waals surface area contributed by atoms with Crippen LogP contribution < -0.4 is 49.5 Å². The highest BCUT2D eigenvalue weighted by Gasteiger charge is 2.41. The fourth-order valence-electron chi connectivity index (χ4n) is 6.86. The maximum Gasteiger partial charge on any atom is 0.490 e. The highest BCUT2D eigenvalue weighted by Crippen LogP contribution is 2.22. The largest absolute Gasteiger partial charge is 0.508 e. The van der Waals surface area contributed by atoms with E-state index in [4.69, 9.17) is 42.7 Å². The van der Waals surface area contributed by atoms with E-state index in [0.717, 1.165) is 0 Å².